The minimum Gasteiger partial charge on any atom is -0.495 e. The molecule has 2 N–H and O–H groups in total. The summed E-state index contributed by atoms with van der Waals surface area (Å²) < 4.78 is 6.98. The minimum absolute atomic E-state index is 0.146. The third-order valence-electron chi connectivity index (χ3n) is 5.21. The van der Waals surface area contributed by atoms with E-state index in [4.69, 9.17) is 4.74 Å². The van der Waals surface area contributed by atoms with Crippen molar-refractivity contribution in [3.05, 3.63) is 54.0 Å². The molecule has 1 amide bonds. The van der Waals surface area contributed by atoms with E-state index in [1.807, 2.05) is 37.4 Å². The lowest BCUT2D eigenvalue weighted by Gasteiger charge is -2.38. The maximum absolute atomic E-state index is 13.0. The number of ether oxygens (including phenoxy) is 1. The molecule has 2 heterocycles. The van der Waals surface area contributed by atoms with Crippen LogP contribution in [0.3, 0.4) is 0 Å². The van der Waals surface area contributed by atoms with Gasteiger partial charge >= 0.3 is 0 Å². The summed E-state index contributed by atoms with van der Waals surface area (Å²) in [4.78, 5) is 17.2. The van der Waals surface area contributed by atoms with Crippen LogP contribution >= 0.6 is 0 Å². The molecule has 7 nitrogen and oxygen atoms in total. The van der Waals surface area contributed by atoms with E-state index in [1.54, 1.807) is 24.2 Å². The first-order valence-electron chi connectivity index (χ1n) is 8.96. The van der Waals surface area contributed by atoms with Crippen LogP contribution < -0.4 is 10.1 Å². The summed E-state index contributed by atoms with van der Waals surface area (Å²) in [7, 11) is 3.41. The van der Waals surface area contributed by atoms with Crippen LogP contribution in [-0.2, 0) is 7.05 Å². The zero-order valence-electron chi connectivity index (χ0n) is 15.3. The third-order valence-corrected chi connectivity index (χ3v) is 5.21. The van der Waals surface area contributed by atoms with Gasteiger partial charge in [0, 0.05) is 18.6 Å². The van der Waals surface area contributed by atoms with Crippen molar-refractivity contribution in [1.29, 1.82) is 0 Å². The molecule has 1 aliphatic rings. The fourth-order valence-electron chi connectivity index (χ4n) is 3.68. The predicted molar refractivity (Wildman–Crippen MR) is 100 cm³/mol. The largest absolute Gasteiger partial charge is 0.495 e. The van der Waals surface area contributed by atoms with Crippen LogP contribution in [0.25, 0.3) is 10.9 Å². The number of amides is 1. The van der Waals surface area contributed by atoms with E-state index < -0.39 is 0 Å². The van der Waals surface area contributed by atoms with Gasteiger partial charge in [-0.15, -0.1) is 0 Å². The van der Waals surface area contributed by atoms with Gasteiger partial charge in [-0.1, -0.05) is 18.2 Å². The molecule has 140 valence electrons. The summed E-state index contributed by atoms with van der Waals surface area (Å²) >= 11 is 0. The number of nitrogens with one attached hydrogen (secondary N) is 1. The Morgan fingerprint density at radius 2 is 2.11 bits per heavy atom. The molecule has 7 heteroatoms. The van der Waals surface area contributed by atoms with E-state index in [9.17, 15) is 9.90 Å². The molecular weight excluding hydrogens is 344 g/mol. The second-order valence-electron chi connectivity index (χ2n) is 6.98. The smallest absolute Gasteiger partial charge is 0.272 e. The topological polar surface area (TPSA) is 89.3 Å². The molecule has 0 radical (unpaired) electrons. The number of carbonyl (C=O) groups excluding carboxylic acids is 1. The number of hydrogen-bond acceptors (Lipinski definition) is 5. The fourth-order valence-corrected chi connectivity index (χ4v) is 3.68. The van der Waals surface area contributed by atoms with E-state index in [-0.39, 0.29) is 24.0 Å². The summed E-state index contributed by atoms with van der Waals surface area (Å²) in [5.74, 6) is 0.545. The summed E-state index contributed by atoms with van der Waals surface area (Å²) in [5.41, 5.74) is 2.16. The van der Waals surface area contributed by atoms with Crippen molar-refractivity contribution >= 4 is 16.8 Å². The van der Waals surface area contributed by atoms with Gasteiger partial charge in [-0.05, 0) is 36.5 Å². The van der Waals surface area contributed by atoms with Crippen LogP contribution in [0.1, 0.15) is 34.9 Å². The van der Waals surface area contributed by atoms with Gasteiger partial charge in [-0.2, -0.15) is 5.10 Å². The van der Waals surface area contributed by atoms with E-state index in [0.29, 0.717) is 24.3 Å². The van der Waals surface area contributed by atoms with Crippen molar-refractivity contribution < 1.29 is 14.6 Å². The molecule has 1 aliphatic carbocycles. The molecule has 1 saturated carbocycles. The molecule has 2 aromatic heterocycles. The van der Waals surface area contributed by atoms with Crippen LogP contribution in [0.2, 0.25) is 0 Å². The van der Waals surface area contributed by atoms with Gasteiger partial charge in [-0.3, -0.25) is 14.5 Å². The molecule has 1 atom stereocenters. The maximum atomic E-state index is 13.0. The zero-order valence-corrected chi connectivity index (χ0v) is 15.3. The van der Waals surface area contributed by atoms with Crippen molar-refractivity contribution in [2.75, 3.05) is 7.11 Å². The van der Waals surface area contributed by atoms with Crippen molar-refractivity contribution in [3.8, 4) is 5.75 Å². The van der Waals surface area contributed by atoms with Gasteiger partial charge in [0.1, 0.15) is 5.75 Å². The number of aryl methyl sites for hydroxylation is 1. The fraction of sp³-hybridized carbons (Fsp3) is 0.350. The Bertz CT molecular complexity index is 978. The normalized spacial score (nSPS) is 20.1. The van der Waals surface area contributed by atoms with Crippen LogP contribution in [0.4, 0.5) is 0 Å². The average Bonchev–Trinajstić information content (AvgIpc) is 3.01. The number of aliphatic hydroxyl groups is 1. The van der Waals surface area contributed by atoms with Crippen LogP contribution in [0.5, 0.6) is 5.75 Å². The van der Waals surface area contributed by atoms with Gasteiger partial charge in [0.05, 0.1) is 31.0 Å². The van der Waals surface area contributed by atoms with Crippen molar-refractivity contribution in [1.82, 2.24) is 20.1 Å². The molecule has 0 bridgehead atoms. The highest BCUT2D eigenvalue weighted by atomic mass is 16.5. The van der Waals surface area contributed by atoms with Crippen LogP contribution in [-0.4, -0.2) is 39.0 Å². The Labute approximate surface area is 157 Å². The molecule has 27 heavy (non-hydrogen) atoms. The summed E-state index contributed by atoms with van der Waals surface area (Å²) in [6.45, 7) is 0. The maximum Gasteiger partial charge on any atom is 0.272 e. The second-order valence-corrected chi connectivity index (χ2v) is 6.98. The van der Waals surface area contributed by atoms with Crippen LogP contribution in [0, 0.1) is 5.92 Å². The van der Waals surface area contributed by atoms with Gasteiger partial charge in [0.25, 0.3) is 5.91 Å². The van der Waals surface area contributed by atoms with Gasteiger partial charge in [-0.25, -0.2) is 0 Å². The first-order chi connectivity index (χ1) is 13.1. The monoisotopic (exact) mass is 366 g/mol. The van der Waals surface area contributed by atoms with Gasteiger partial charge in [0.15, 0.2) is 5.69 Å². The molecular formula is C20H22N4O3. The number of fused-ring (bicyclic) bond motifs is 1. The number of aliphatic hydroxyl groups excluding tert-OH is 1. The molecule has 0 spiro atoms. The van der Waals surface area contributed by atoms with Crippen molar-refractivity contribution in [3.63, 3.8) is 0 Å². The van der Waals surface area contributed by atoms with Crippen molar-refractivity contribution in [2.24, 2.45) is 13.0 Å². The number of nitrogens with zero attached hydrogens (tertiary/aromatic N) is 3. The molecule has 1 aromatic carbocycles. The van der Waals surface area contributed by atoms with Crippen LogP contribution in [0.15, 0.2) is 42.7 Å². The first-order valence-corrected chi connectivity index (χ1v) is 8.96. The molecule has 0 aliphatic heterocycles. The average molecular weight is 366 g/mol. The number of aromatic nitrogens is 3. The quantitative estimate of drug-likeness (QED) is 0.723. The Morgan fingerprint density at radius 3 is 2.85 bits per heavy atom. The Kier molecular flexibility index (Phi) is 4.53. The summed E-state index contributed by atoms with van der Waals surface area (Å²) in [6, 6.07) is 9.26. The first kappa shape index (κ1) is 17.5. The lowest BCUT2D eigenvalue weighted by atomic mass is 9.75. The SMILES string of the molecule is COc1cncc(C(NC(=O)c2nn(C)c3ccccc23)C2CC(O)C2)c1. The molecule has 1 fully saturated rings. The Hall–Kier alpha value is -2.93. The number of methoxy groups -OCH3 is 1. The number of carbonyl (C=O) groups is 1. The molecule has 0 saturated heterocycles. The van der Waals surface area contributed by atoms with E-state index in [0.717, 1.165) is 16.5 Å². The molecule has 3 aromatic rings. The number of benzene rings is 1. The van der Waals surface area contributed by atoms with E-state index in [1.165, 1.54) is 0 Å². The Morgan fingerprint density at radius 1 is 1.33 bits per heavy atom. The number of hydrogen-bond donors (Lipinski definition) is 2. The summed E-state index contributed by atoms with van der Waals surface area (Å²) in [6.07, 6.45) is 4.33. The number of rotatable bonds is 5. The highest BCUT2D eigenvalue weighted by Gasteiger charge is 2.36. The number of pyridine rings is 1. The van der Waals surface area contributed by atoms with Gasteiger partial charge < -0.3 is 15.2 Å². The molecule has 4 rings (SSSR count). The van der Waals surface area contributed by atoms with E-state index in [2.05, 4.69) is 15.4 Å². The summed E-state index contributed by atoms with van der Waals surface area (Å²) in [5, 5.41) is 18.1. The lowest BCUT2D eigenvalue weighted by Crippen LogP contribution is -2.41. The standard InChI is InChI=1S/C20H22N4O3/c1-24-17-6-4-3-5-16(17)19(23-24)20(26)22-18(12-7-14(25)8-12)13-9-15(27-2)11-21-10-13/h3-6,9-12,14,18,25H,7-8H2,1-2H3,(H,22,26). The highest BCUT2D eigenvalue weighted by molar-refractivity contribution is 6.05. The molecule has 1 unspecified atom stereocenters. The number of para-hydroxylation sites is 1. The lowest BCUT2D eigenvalue weighted by molar-refractivity contribution is 0.0234. The predicted octanol–water partition coefficient (Wildman–Crippen LogP) is 2.22. The Balaban J connectivity index is 1.65. The zero-order chi connectivity index (χ0) is 19.0. The van der Waals surface area contributed by atoms with Crippen molar-refractivity contribution in [2.45, 2.75) is 25.0 Å². The third kappa shape index (κ3) is 3.26. The highest BCUT2D eigenvalue weighted by Crippen LogP contribution is 2.38. The van der Waals surface area contributed by atoms with E-state index >= 15 is 0 Å². The minimum atomic E-state index is -0.316. The van der Waals surface area contributed by atoms with Gasteiger partial charge in [0.2, 0.25) is 0 Å². The second kappa shape index (κ2) is 7.00.